The Morgan fingerprint density at radius 1 is 0.906 bits per heavy atom. The van der Waals surface area contributed by atoms with E-state index in [0.29, 0.717) is 22.0 Å². The van der Waals surface area contributed by atoms with Crippen molar-refractivity contribution in [2.24, 2.45) is 0 Å². The Morgan fingerprint density at radius 2 is 1.50 bits per heavy atom. The number of benzene rings is 3. The number of hydrogen-bond donors (Lipinski definition) is 0. The highest BCUT2D eigenvalue weighted by atomic mass is 35.5. The van der Waals surface area contributed by atoms with Crippen LogP contribution in [0.3, 0.4) is 0 Å². The van der Waals surface area contributed by atoms with E-state index >= 15 is 0 Å². The predicted molar refractivity (Wildman–Crippen MR) is 128 cm³/mol. The van der Waals surface area contributed by atoms with E-state index in [0.717, 1.165) is 21.0 Å². The Hall–Kier alpha value is -2.83. The minimum Gasteiger partial charge on any atom is -0.481 e. The summed E-state index contributed by atoms with van der Waals surface area (Å²) in [6.07, 6.45) is -1.06. The molecule has 1 unspecified atom stereocenters. The fraction of sp³-hybridized carbons (Fsp3) is 0.240. The summed E-state index contributed by atoms with van der Waals surface area (Å²) < 4.78 is 33.9. The molecule has 1 amide bonds. The molecule has 0 saturated carbocycles. The van der Waals surface area contributed by atoms with Gasteiger partial charge in [0.15, 0.2) is 6.10 Å². The maximum atomic E-state index is 13.6. The molecule has 1 atom stereocenters. The largest absolute Gasteiger partial charge is 0.481 e. The number of aryl methyl sites for hydroxylation is 3. The van der Waals surface area contributed by atoms with Gasteiger partial charge in [-0.1, -0.05) is 41.9 Å². The van der Waals surface area contributed by atoms with Gasteiger partial charge in [-0.25, -0.2) is 8.42 Å². The first kappa shape index (κ1) is 23.8. The first-order valence-electron chi connectivity index (χ1n) is 10.2. The molecular formula is C25H26ClNO4S. The van der Waals surface area contributed by atoms with Gasteiger partial charge in [0.05, 0.1) is 10.6 Å². The Bertz CT molecular complexity index is 1230. The molecule has 3 aromatic rings. The smallest absolute Gasteiger partial charge is 0.281 e. The van der Waals surface area contributed by atoms with Crippen LogP contribution in [-0.2, 0) is 14.8 Å². The highest BCUT2D eigenvalue weighted by Gasteiger charge is 2.35. The maximum absolute atomic E-state index is 13.6. The molecule has 7 heteroatoms. The number of sulfonamides is 1. The summed E-state index contributed by atoms with van der Waals surface area (Å²) in [6, 6.07) is 16.6. The number of nitrogens with zero attached hydrogens (tertiary/aromatic N) is 1. The van der Waals surface area contributed by atoms with E-state index in [2.05, 4.69) is 0 Å². The topological polar surface area (TPSA) is 63.7 Å². The number of ether oxygens (including phenoxy) is 1. The van der Waals surface area contributed by atoms with Crippen LogP contribution in [0.5, 0.6) is 5.75 Å². The standard InChI is InChI=1S/C25H26ClNO4S/c1-16-10-9-13-23(19(16)4)27(32(29,30)22-11-7-6-8-12-22)25(28)20(5)31-21-14-17(2)24(26)18(3)15-21/h6-15,20H,1-5H3. The Labute approximate surface area is 194 Å². The second-order valence-electron chi connectivity index (χ2n) is 7.77. The van der Waals surface area contributed by atoms with Crippen LogP contribution in [0, 0.1) is 27.7 Å². The van der Waals surface area contributed by atoms with Gasteiger partial charge >= 0.3 is 0 Å². The summed E-state index contributed by atoms with van der Waals surface area (Å²) in [6.45, 7) is 8.90. The third kappa shape index (κ3) is 4.66. The maximum Gasteiger partial charge on any atom is 0.281 e. The quantitative estimate of drug-likeness (QED) is 0.458. The lowest BCUT2D eigenvalue weighted by atomic mass is 10.1. The minimum atomic E-state index is -4.17. The normalized spacial score (nSPS) is 12.3. The molecule has 0 bridgehead atoms. The van der Waals surface area contributed by atoms with Crippen LogP contribution in [0.4, 0.5) is 5.69 Å². The first-order valence-corrected chi connectivity index (χ1v) is 12.0. The van der Waals surface area contributed by atoms with Gasteiger partial charge in [0.25, 0.3) is 15.9 Å². The summed E-state index contributed by atoms with van der Waals surface area (Å²) in [5.41, 5.74) is 3.50. The molecule has 0 fully saturated rings. The molecular weight excluding hydrogens is 446 g/mol. The van der Waals surface area contributed by atoms with Gasteiger partial charge in [-0.3, -0.25) is 4.79 Å². The number of amides is 1. The molecule has 0 aliphatic carbocycles. The van der Waals surface area contributed by atoms with Crippen LogP contribution in [-0.4, -0.2) is 20.4 Å². The molecule has 0 spiro atoms. The summed E-state index contributed by atoms with van der Waals surface area (Å²) in [5, 5.41) is 0.625. The number of rotatable bonds is 6. The molecule has 0 aliphatic rings. The molecule has 3 rings (SSSR count). The van der Waals surface area contributed by atoms with Crippen molar-refractivity contribution in [3.8, 4) is 5.75 Å². The lowest BCUT2D eigenvalue weighted by Crippen LogP contribution is -2.44. The summed E-state index contributed by atoms with van der Waals surface area (Å²) in [7, 11) is -4.17. The SMILES string of the molecule is Cc1cccc(N(C(=O)C(C)Oc2cc(C)c(Cl)c(C)c2)S(=O)(=O)c2ccccc2)c1C. The minimum absolute atomic E-state index is 0.0274. The van der Waals surface area contributed by atoms with Crippen molar-refractivity contribution < 1.29 is 17.9 Å². The molecule has 168 valence electrons. The van der Waals surface area contributed by atoms with Gasteiger partial charge in [-0.2, -0.15) is 4.31 Å². The van der Waals surface area contributed by atoms with Crippen LogP contribution in [0.2, 0.25) is 5.02 Å². The Morgan fingerprint density at radius 3 is 2.09 bits per heavy atom. The van der Waals surface area contributed by atoms with Crippen LogP contribution in [0.25, 0.3) is 0 Å². The Kier molecular flexibility index (Phi) is 6.96. The highest BCUT2D eigenvalue weighted by Crippen LogP contribution is 2.31. The van der Waals surface area contributed by atoms with Gasteiger partial charge < -0.3 is 4.74 Å². The zero-order chi connectivity index (χ0) is 23.6. The second-order valence-corrected chi connectivity index (χ2v) is 9.94. The third-order valence-electron chi connectivity index (χ3n) is 5.35. The summed E-state index contributed by atoms with van der Waals surface area (Å²) in [4.78, 5) is 13.6. The third-order valence-corrected chi connectivity index (χ3v) is 7.67. The molecule has 0 aromatic heterocycles. The van der Waals surface area contributed by atoms with Crippen molar-refractivity contribution in [1.29, 1.82) is 0 Å². The average molecular weight is 472 g/mol. The number of hydrogen-bond acceptors (Lipinski definition) is 4. The van der Waals surface area contributed by atoms with E-state index in [-0.39, 0.29) is 4.90 Å². The van der Waals surface area contributed by atoms with Crippen molar-refractivity contribution in [1.82, 2.24) is 0 Å². The van der Waals surface area contributed by atoms with Crippen molar-refractivity contribution in [2.75, 3.05) is 4.31 Å². The van der Waals surface area contributed by atoms with E-state index in [1.807, 2.05) is 26.8 Å². The molecule has 3 aromatic carbocycles. The zero-order valence-electron chi connectivity index (χ0n) is 18.7. The van der Waals surface area contributed by atoms with Gasteiger partial charge in [0.1, 0.15) is 5.75 Å². The van der Waals surface area contributed by atoms with Crippen LogP contribution >= 0.6 is 11.6 Å². The van der Waals surface area contributed by atoms with Gasteiger partial charge in [0, 0.05) is 5.02 Å². The molecule has 0 N–H and O–H groups in total. The van der Waals surface area contributed by atoms with Crippen LogP contribution in [0.15, 0.2) is 65.6 Å². The zero-order valence-corrected chi connectivity index (χ0v) is 20.3. The number of anilines is 1. The van der Waals surface area contributed by atoms with Gasteiger partial charge in [-0.15, -0.1) is 0 Å². The van der Waals surface area contributed by atoms with Crippen molar-refractivity contribution >= 4 is 33.2 Å². The van der Waals surface area contributed by atoms with Crippen LogP contribution < -0.4 is 9.04 Å². The first-order chi connectivity index (χ1) is 15.0. The van der Waals surface area contributed by atoms with Gasteiger partial charge in [0.2, 0.25) is 0 Å². The molecule has 0 aliphatic heterocycles. The molecule has 5 nitrogen and oxygen atoms in total. The van der Waals surface area contributed by atoms with E-state index in [1.165, 1.54) is 12.1 Å². The predicted octanol–water partition coefficient (Wildman–Crippen LogP) is 5.76. The number of carbonyl (C=O) groups excluding carboxylic acids is 1. The van der Waals surface area contributed by atoms with E-state index in [1.54, 1.807) is 56.3 Å². The van der Waals surface area contributed by atoms with Crippen LogP contribution in [0.1, 0.15) is 29.2 Å². The van der Waals surface area contributed by atoms with Crippen molar-refractivity contribution in [3.05, 3.63) is 87.9 Å². The lowest BCUT2D eigenvalue weighted by Gasteiger charge is -2.27. The monoisotopic (exact) mass is 471 g/mol. The van der Waals surface area contributed by atoms with E-state index in [9.17, 15) is 13.2 Å². The molecule has 0 radical (unpaired) electrons. The van der Waals surface area contributed by atoms with E-state index in [4.69, 9.17) is 16.3 Å². The second kappa shape index (κ2) is 9.35. The fourth-order valence-corrected chi connectivity index (χ4v) is 5.08. The number of halogens is 1. The van der Waals surface area contributed by atoms with E-state index < -0.39 is 22.0 Å². The van der Waals surface area contributed by atoms with Crippen molar-refractivity contribution in [2.45, 2.75) is 45.6 Å². The molecule has 0 heterocycles. The molecule has 0 saturated heterocycles. The molecule has 32 heavy (non-hydrogen) atoms. The summed E-state index contributed by atoms with van der Waals surface area (Å²) >= 11 is 6.23. The average Bonchev–Trinajstić information content (AvgIpc) is 2.75. The van der Waals surface area contributed by atoms with Crippen molar-refractivity contribution in [3.63, 3.8) is 0 Å². The Balaban J connectivity index is 2.07. The summed E-state index contributed by atoms with van der Waals surface area (Å²) in [5.74, 6) is -0.240. The van der Waals surface area contributed by atoms with Gasteiger partial charge in [-0.05, 0) is 87.2 Å². The fourth-order valence-electron chi connectivity index (χ4n) is 3.41. The lowest BCUT2D eigenvalue weighted by molar-refractivity contribution is -0.123. The highest BCUT2D eigenvalue weighted by molar-refractivity contribution is 7.93. The number of carbonyl (C=O) groups is 1.